The first-order valence-corrected chi connectivity index (χ1v) is 5.53. The molecule has 10 nitrogen and oxygen atoms in total. The summed E-state index contributed by atoms with van der Waals surface area (Å²) < 4.78 is 0. The maximum atomic E-state index is 10.7. The zero-order valence-corrected chi connectivity index (χ0v) is 13.0. The Morgan fingerprint density at radius 3 is 2.15 bits per heavy atom. The normalized spacial score (nSPS) is 20.0. The molecule has 2 aliphatic rings. The SMILES string of the molecule is NC(=O)NC1NC(=O)NC1=O.O=C([O-])N1CCCC1.[Na+]. The van der Waals surface area contributed by atoms with Gasteiger partial charge in [-0.3, -0.25) is 10.1 Å². The van der Waals surface area contributed by atoms with Gasteiger partial charge in [0.1, 0.15) is 6.09 Å². The summed E-state index contributed by atoms with van der Waals surface area (Å²) in [6, 6.07) is -1.51. The average Bonchev–Trinajstić information content (AvgIpc) is 2.89. The molecule has 0 radical (unpaired) electrons. The van der Waals surface area contributed by atoms with Crippen LogP contribution in [-0.4, -0.2) is 48.2 Å². The number of hydrogen-bond donors (Lipinski definition) is 4. The van der Waals surface area contributed by atoms with E-state index < -0.39 is 30.2 Å². The van der Waals surface area contributed by atoms with Gasteiger partial charge in [0.15, 0.2) is 6.17 Å². The molecule has 2 heterocycles. The second-order valence-electron chi connectivity index (χ2n) is 3.86. The predicted molar refractivity (Wildman–Crippen MR) is 59.4 cm³/mol. The molecule has 11 heteroatoms. The second kappa shape index (κ2) is 8.61. The van der Waals surface area contributed by atoms with Gasteiger partial charge in [-0.25, -0.2) is 9.59 Å². The number of amides is 6. The minimum absolute atomic E-state index is 0. The Kier molecular flexibility index (Phi) is 7.96. The maximum Gasteiger partial charge on any atom is 1.00 e. The van der Waals surface area contributed by atoms with Gasteiger partial charge in [0.25, 0.3) is 5.91 Å². The van der Waals surface area contributed by atoms with E-state index in [-0.39, 0.29) is 29.6 Å². The van der Waals surface area contributed by atoms with Gasteiger partial charge in [-0.15, -0.1) is 0 Å². The molecule has 0 spiro atoms. The number of hydrogen-bond acceptors (Lipinski definition) is 5. The van der Waals surface area contributed by atoms with Crippen LogP contribution < -0.4 is 56.3 Å². The summed E-state index contributed by atoms with van der Waals surface area (Å²) in [4.78, 5) is 42.6. The summed E-state index contributed by atoms with van der Waals surface area (Å²) in [5.41, 5.74) is 4.70. The van der Waals surface area contributed by atoms with Crippen molar-refractivity contribution >= 4 is 24.1 Å². The van der Waals surface area contributed by atoms with Gasteiger partial charge in [0.2, 0.25) is 0 Å². The topological polar surface area (TPSA) is 157 Å². The number of carbonyl (C=O) groups is 4. The van der Waals surface area contributed by atoms with Crippen LogP contribution in [0.2, 0.25) is 0 Å². The van der Waals surface area contributed by atoms with Gasteiger partial charge in [-0.2, -0.15) is 0 Å². The van der Waals surface area contributed by atoms with E-state index >= 15 is 0 Å². The fraction of sp³-hybridized carbons (Fsp3) is 0.556. The van der Waals surface area contributed by atoms with Crippen LogP contribution in [0.4, 0.5) is 14.4 Å². The molecule has 2 rings (SSSR count). The largest absolute Gasteiger partial charge is 1.00 e. The molecule has 2 saturated heterocycles. The molecule has 0 bridgehead atoms. The molecule has 6 amide bonds. The number of primary amides is 1. The van der Waals surface area contributed by atoms with E-state index in [2.05, 4.69) is 5.32 Å². The number of nitrogens with zero attached hydrogens (tertiary/aromatic N) is 1. The molecule has 0 aliphatic carbocycles. The molecule has 1 unspecified atom stereocenters. The van der Waals surface area contributed by atoms with E-state index in [1.165, 1.54) is 4.90 Å². The Morgan fingerprint density at radius 2 is 1.85 bits per heavy atom. The Bertz CT molecular complexity index is 398. The van der Waals surface area contributed by atoms with Crippen LogP contribution in [0.1, 0.15) is 12.8 Å². The average molecular weight is 295 g/mol. The van der Waals surface area contributed by atoms with Gasteiger partial charge in [0, 0.05) is 13.1 Å². The first-order valence-electron chi connectivity index (χ1n) is 5.53. The van der Waals surface area contributed by atoms with Gasteiger partial charge in [-0.1, -0.05) is 0 Å². The Hall–Kier alpha value is -1.52. The number of nitrogens with one attached hydrogen (secondary N) is 3. The Labute approximate surface area is 136 Å². The summed E-state index contributed by atoms with van der Waals surface area (Å²) in [6.07, 6.45) is -0.0791. The fourth-order valence-corrected chi connectivity index (χ4v) is 1.56. The molecular formula is C9H14N5NaO5. The van der Waals surface area contributed by atoms with Crippen molar-refractivity contribution in [3.05, 3.63) is 0 Å². The molecular weight excluding hydrogens is 281 g/mol. The number of carbonyl (C=O) groups excluding carboxylic acids is 4. The number of urea groups is 2. The van der Waals surface area contributed by atoms with Crippen LogP contribution in [-0.2, 0) is 4.79 Å². The molecule has 0 aromatic rings. The number of rotatable bonds is 1. The zero-order chi connectivity index (χ0) is 14.4. The second-order valence-corrected chi connectivity index (χ2v) is 3.86. The van der Waals surface area contributed by atoms with Crippen LogP contribution >= 0.6 is 0 Å². The monoisotopic (exact) mass is 295 g/mol. The summed E-state index contributed by atoms with van der Waals surface area (Å²) in [5.74, 6) is -0.617. The molecule has 2 aliphatic heterocycles. The number of likely N-dealkylation sites (tertiary alicyclic amines) is 1. The minimum atomic E-state index is -1.04. The quantitative estimate of drug-likeness (QED) is 0.280. The van der Waals surface area contributed by atoms with Crippen LogP contribution in [0.25, 0.3) is 0 Å². The van der Waals surface area contributed by atoms with Crippen LogP contribution in [0.3, 0.4) is 0 Å². The molecule has 106 valence electrons. The van der Waals surface area contributed by atoms with E-state index in [4.69, 9.17) is 5.73 Å². The molecule has 0 aromatic heterocycles. The first kappa shape index (κ1) is 18.5. The van der Waals surface area contributed by atoms with Gasteiger partial charge >= 0.3 is 41.6 Å². The van der Waals surface area contributed by atoms with Gasteiger partial charge < -0.3 is 31.2 Å². The van der Waals surface area contributed by atoms with Gasteiger partial charge in [-0.05, 0) is 12.8 Å². The third-order valence-electron chi connectivity index (χ3n) is 2.43. The third-order valence-corrected chi connectivity index (χ3v) is 2.43. The van der Waals surface area contributed by atoms with Crippen LogP contribution in [0.5, 0.6) is 0 Å². The van der Waals surface area contributed by atoms with Crippen molar-refractivity contribution in [3.63, 3.8) is 0 Å². The standard InChI is InChI=1S/C5H9NO2.C4H6N4O3.Na/c7-5(8)6-3-1-2-4-6;5-3(10)6-1-2(9)8-4(11)7-1;/h1-4H2,(H,7,8);1H,(H3,5,6,10)(H2,7,8,9,11);/q;;+1/p-1. The van der Waals surface area contributed by atoms with Crippen LogP contribution in [0, 0.1) is 0 Å². The van der Waals surface area contributed by atoms with E-state index in [9.17, 15) is 24.3 Å². The van der Waals surface area contributed by atoms with Crippen molar-refractivity contribution in [2.75, 3.05) is 13.1 Å². The molecule has 0 aromatic carbocycles. The summed E-state index contributed by atoms with van der Waals surface area (Å²) in [7, 11) is 0. The fourth-order valence-electron chi connectivity index (χ4n) is 1.56. The molecule has 0 saturated carbocycles. The summed E-state index contributed by atoms with van der Waals surface area (Å²) in [5, 5.41) is 16.1. The summed E-state index contributed by atoms with van der Waals surface area (Å²) in [6.45, 7) is 1.34. The number of imide groups is 1. The van der Waals surface area contributed by atoms with Crippen molar-refractivity contribution in [2.45, 2.75) is 19.0 Å². The maximum absolute atomic E-state index is 10.7. The van der Waals surface area contributed by atoms with Crippen molar-refractivity contribution < 1.29 is 53.8 Å². The van der Waals surface area contributed by atoms with E-state index in [0.29, 0.717) is 13.1 Å². The zero-order valence-electron chi connectivity index (χ0n) is 11.0. The molecule has 1 atom stereocenters. The third kappa shape index (κ3) is 6.08. The Morgan fingerprint density at radius 1 is 1.30 bits per heavy atom. The Balaban J connectivity index is 0.000000359. The van der Waals surface area contributed by atoms with Gasteiger partial charge in [0.05, 0.1) is 0 Å². The van der Waals surface area contributed by atoms with Crippen LogP contribution in [0.15, 0.2) is 0 Å². The summed E-state index contributed by atoms with van der Waals surface area (Å²) >= 11 is 0. The number of carboxylic acid groups (broad SMARTS) is 1. The van der Waals surface area contributed by atoms with E-state index in [1.54, 1.807) is 0 Å². The van der Waals surface area contributed by atoms with E-state index in [1.807, 2.05) is 10.6 Å². The first-order chi connectivity index (χ1) is 8.90. The van der Waals surface area contributed by atoms with Crippen molar-refractivity contribution in [3.8, 4) is 0 Å². The number of nitrogens with two attached hydrogens (primary N) is 1. The van der Waals surface area contributed by atoms with Crippen molar-refractivity contribution in [1.29, 1.82) is 0 Å². The predicted octanol–water partition coefficient (Wildman–Crippen LogP) is -5.75. The molecule has 20 heavy (non-hydrogen) atoms. The molecule has 2 fully saturated rings. The van der Waals surface area contributed by atoms with Crippen molar-refractivity contribution in [2.24, 2.45) is 5.73 Å². The molecule has 5 N–H and O–H groups in total. The van der Waals surface area contributed by atoms with Crippen molar-refractivity contribution in [1.82, 2.24) is 20.9 Å². The van der Waals surface area contributed by atoms with E-state index in [0.717, 1.165) is 12.8 Å². The minimum Gasteiger partial charge on any atom is -0.530 e. The smallest absolute Gasteiger partial charge is 0.530 e.